The Morgan fingerprint density at radius 2 is 1.59 bits per heavy atom. The fraction of sp³-hybridized carbons (Fsp3) is 0.192. The maximum absolute atomic E-state index is 13.1. The Bertz CT molecular complexity index is 1160. The summed E-state index contributed by atoms with van der Waals surface area (Å²) in [4.78, 5) is 15.2. The molecular weight excluding hydrogens is 376 g/mol. The van der Waals surface area contributed by atoms with E-state index in [0.717, 1.165) is 31.8 Å². The number of esters is 1. The number of hydrogen-bond donors (Lipinski definition) is 0. The van der Waals surface area contributed by atoms with Crippen molar-refractivity contribution >= 4 is 28.1 Å². The molecule has 0 bridgehead atoms. The van der Waals surface area contributed by atoms with Crippen LogP contribution in [0.15, 0.2) is 72.8 Å². The van der Waals surface area contributed by atoms with Crippen molar-refractivity contribution in [3.8, 4) is 21.6 Å². The third-order valence-electron chi connectivity index (χ3n) is 5.01. The number of benzene rings is 3. The molecule has 3 aromatic carbocycles. The Labute approximate surface area is 175 Å². The first kappa shape index (κ1) is 19.4. The van der Waals surface area contributed by atoms with E-state index < -0.39 is 0 Å². The lowest BCUT2D eigenvalue weighted by Crippen LogP contribution is -2.08. The second-order valence-electron chi connectivity index (χ2n) is 7.35. The van der Waals surface area contributed by atoms with Crippen molar-refractivity contribution in [2.45, 2.75) is 26.7 Å². The van der Waals surface area contributed by atoms with Crippen LogP contribution in [-0.4, -0.2) is 12.6 Å². The predicted octanol–water partition coefficient (Wildman–Crippen LogP) is 7.54. The highest BCUT2D eigenvalue weighted by molar-refractivity contribution is 7.16. The smallest absolute Gasteiger partial charge is 0.339 e. The van der Waals surface area contributed by atoms with Crippen molar-refractivity contribution in [1.82, 2.24) is 0 Å². The van der Waals surface area contributed by atoms with Crippen LogP contribution >= 0.6 is 11.3 Å². The van der Waals surface area contributed by atoms with Gasteiger partial charge in [-0.1, -0.05) is 80.6 Å². The number of carbonyl (C=O) groups is 1. The minimum Gasteiger partial charge on any atom is -0.462 e. The summed E-state index contributed by atoms with van der Waals surface area (Å²) in [7, 11) is 0. The van der Waals surface area contributed by atoms with Crippen molar-refractivity contribution in [1.29, 1.82) is 0 Å². The Hall–Kier alpha value is -2.91. The van der Waals surface area contributed by atoms with Crippen LogP contribution in [0, 0.1) is 0 Å². The maximum Gasteiger partial charge on any atom is 0.339 e. The Morgan fingerprint density at radius 1 is 0.897 bits per heavy atom. The van der Waals surface area contributed by atoms with Gasteiger partial charge in [0.2, 0.25) is 0 Å². The molecule has 0 unspecified atom stereocenters. The van der Waals surface area contributed by atoms with Gasteiger partial charge in [0.15, 0.2) is 0 Å². The largest absolute Gasteiger partial charge is 0.462 e. The minimum absolute atomic E-state index is 0.232. The Kier molecular flexibility index (Phi) is 5.50. The Balaban J connectivity index is 2.03. The lowest BCUT2D eigenvalue weighted by molar-refractivity contribution is 0.0526. The summed E-state index contributed by atoms with van der Waals surface area (Å²) < 4.78 is 5.49. The summed E-state index contributed by atoms with van der Waals surface area (Å²) in [6.45, 7) is 6.48. The van der Waals surface area contributed by atoms with Gasteiger partial charge < -0.3 is 4.74 Å². The number of fused-ring (bicyclic) bond motifs is 1. The summed E-state index contributed by atoms with van der Waals surface area (Å²) in [6.07, 6.45) is 0. The summed E-state index contributed by atoms with van der Waals surface area (Å²) in [5, 5.41) is 2.35. The van der Waals surface area contributed by atoms with Crippen LogP contribution in [0.2, 0.25) is 0 Å². The second-order valence-corrected chi connectivity index (χ2v) is 8.40. The van der Waals surface area contributed by atoms with E-state index in [1.54, 1.807) is 11.3 Å². The molecule has 2 nitrogen and oxygen atoms in total. The molecule has 4 aromatic rings. The van der Waals surface area contributed by atoms with Crippen molar-refractivity contribution < 1.29 is 9.53 Å². The molecule has 0 spiro atoms. The van der Waals surface area contributed by atoms with Crippen LogP contribution < -0.4 is 0 Å². The van der Waals surface area contributed by atoms with Gasteiger partial charge in [-0.25, -0.2) is 4.79 Å². The highest BCUT2D eigenvalue weighted by Crippen LogP contribution is 2.46. The van der Waals surface area contributed by atoms with Gasteiger partial charge >= 0.3 is 5.97 Å². The zero-order valence-electron chi connectivity index (χ0n) is 16.9. The molecule has 0 fully saturated rings. The van der Waals surface area contributed by atoms with Crippen LogP contribution in [0.5, 0.6) is 0 Å². The molecule has 0 aliphatic heterocycles. The highest BCUT2D eigenvalue weighted by Gasteiger charge is 2.27. The van der Waals surface area contributed by atoms with Gasteiger partial charge in [0.1, 0.15) is 0 Å². The number of carbonyl (C=O) groups excluding carboxylic acids is 1. The number of hydrogen-bond acceptors (Lipinski definition) is 3. The topological polar surface area (TPSA) is 26.3 Å². The number of rotatable bonds is 5. The molecule has 0 atom stereocenters. The van der Waals surface area contributed by atoms with E-state index >= 15 is 0 Å². The molecule has 4 rings (SSSR count). The average Bonchev–Trinajstić information content (AvgIpc) is 3.15. The van der Waals surface area contributed by atoms with Crippen LogP contribution in [0.1, 0.15) is 41.9 Å². The number of ether oxygens (including phenoxy) is 1. The summed E-state index contributed by atoms with van der Waals surface area (Å²) in [5.74, 6) is -0.00568. The SMILES string of the molecule is CCOC(=O)c1c(C(C)C)sc(-c2ccccc2)c1-c1ccc2ccccc2c1. The third-order valence-corrected chi connectivity index (χ3v) is 6.55. The molecule has 0 amide bonds. The zero-order valence-corrected chi connectivity index (χ0v) is 17.8. The first-order valence-corrected chi connectivity index (χ1v) is 10.8. The van der Waals surface area contributed by atoms with Gasteiger partial charge in [0.25, 0.3) is 0 Å². The molecule has 1 heterocycles. The molecule has 0 aliphatic rings. The van der Waals surface area contributed by atoms with Crippen molar-refractivity contribution in [3.05, 3.63) is 83.2 Å². The van der Waals surface area contributed by atoms with Gasteiger partial charge in [0, 0.05) is 15.3 Å². The first-order chi connectivity index (χ1) is 14.1. The molecule has 0 saturated heterocycles. The zero-order chi connectivity index (χ0) is 20.4. The van der Waals surface area contributed by atoms with E-state index in [9.17, 15) is 4.79 Å². The van der Waals surface area contributed by atoms with Crippen LogP contribution in [-0.2, 0) is 4.74 Å². The first-order valence-electron chi connectivity index (χ1n) is 9.98. The summed E-state index contributed by atoms with van der Waals surface area (Å²) in [5.41, 5.74) is 3.86. The predicted molar refractivity (Wildman–Crippen MR) is 123 cm³/mol. The molecule has 0 radical (unpaired) electrons. The molecule has 1 aromatic heterocycles. The molecule has 3 heteroatoms. The molecule has 29 heavy (non-hydrogen) atoms. The summed E-state index contributed by atoms with van der Waals surface area (Å²) >= 11 is 1.70. The van der Waals surface area contributed by atoms with Crippen LogP contribution in [0.25, 0.3) is 32.3 Å². The van der Waals surface area contributed by atoms with Gasteiger partial charge in [0.05, 0.1) is 12.2 Å². The molecular formula is C26H24O2S. The molecule has 146 valence electrons. The Morgan fingerprint density at radius 3 is 2.28 bits per heavy atom. The fourth-order valence-corrected chi connectivity index (χ4v) is 4.99. The minimum atomic E-state index is -0.238. The standard InChI is InChI=1S/C26H24O2S/c1-4-28-26(27)23-22(21-15-14-18-10-8-9-13-20(18)16-21)25(29-24(23)17(2)3)19-11-6-5-7-12-19/h5-17H,4H2,1-3H3. The second kappa shape index (κ2) is 8.22. The number of thiophene rings is 1. The third kappa shape index (κ3) is 3.70. The molecule has 0 N–H and O–H groups in total. The summed E-state index contributed by atoms with van der Waals surface area (Å²) in [6, 6.07) is 25.0. The van der Waals surface area contributed by atoms with Gasteiger partial charge in [-0.3, -0.25) is 0 Å². The maximum atomic E-state index is 13.1. The normalized spacial score (nSPS) is 11.2. The average molecular weight is 401 g/mol. The lowest BCUT2D eigenvalue weighted by atomic mass is 9.93. The van der Waals surface area contributed by atoms with E-state index in [1.165, 1.54) is 5.39 Å². The van der Waals surface area contributed by atoms with Gasteiger partial charge in [-0.15, -0.1) is 11.3 Å². The van der Waals surface area contributed by atoms with Crippen molar-refractivity contribution in [2.24, 2.45) is 0 Å². The van der Waals surface area contributed by atoms with E-state index in [1.807, 2.05) is 37.3 Å². The fourth-order valence-electron chi connectivity index (χ4n) is 3.67. The van der Waals surface area contributed by atoms with Crippen LogP contribution in [0.3, 0.4) is 0 Å². The molecule has 0 saturated carbocycles. The van der Waals surface area contributed by atoms with E-state index in [-0.39, 0.29) is 11.9 Å². The monoisotopic (exact) mass is 400 g/mol. The lowest BCUT2D eigenvalue weighted by Gasteiger charge is -2.11. The van der Waals surface area contributed by atoms with E-state index in [2.05, 4.69) is 56.3 Å². The van der Waals surface area contributed by atoms with Gasteiger partial charge in [-0.05, 0) is 40.8 Å². The van der Waals surface area contributed by atoms with E-state index in [4.69, 9.17) is 4.74 Å². The quantitative estimate of drug-likeness (QED) is 0.324. The van der Waals surface area contributed by atoms with Crippen molar-refractivity contribution in [2.75, 3.05) is 6.61 Å². The van der Waals surface area contributed by atoms with Crippen molar-refractivity contribution in [3.63, 3.8) is 0 Å². The van der Waals surface area contributed by atoms with E-state index in [0.29, 0.717) is 12.2 Å². The van der Waals surface area contributed by atoms with Crippen LogP contribution in [0.4, 0.5) is 0 Å². The molecule has 0 aliphatic carbocycles. The highest BCUT2D eigenvalue weighted by atomic mass is 32.1. The van der Waals surface area contributed by atoms with Gasteiger partial charge in [-0.2, -0.15) is 0 Å².